The molecule has 1 aromatic rings. The Morgan fingerprint density at radius 1 is 1.38 bits per heavy atom. The molecule has 21 heavy (non-hydrogen) atoms. The molecule has 3 N–H and O–H groups in total. The van der Waals surface area contributed by atoms with Crippen LogP contribution in [0.2, 0.25) is 0 Å². The highest BCUT2D eigenvalue weighted by atomic mass is 32.2. The largest absolute Gasteiger partial charge is 0.393 e. The molecule has 0 bridgehead atoms. The van der Waals surface area contributed by atoms with E-state index in [-0.39, 0.29) is 22.4 Å². The average Bonchev–Trinajstić information content (AvgIpc) is 3.05. The lowest BCUT2D eigenvalue weighted by Gasteiger charge is -2.17. The molecule has 0 radical (unpaired) electrons. The van der Waals surface area contributed by atoms with Crippen molar-refractivity contribution in [3.05, 3.63) is 18.0 Å². The zero-order valence-corrected chi connectivity index (χ0v) is 12.6. The van der Waals surface area contributed by atoms with Crippen molar-refractivity contribution >= 4 is 15.9 Å². The predicted octanol–water partition coefficient (Wildman–Crippen LogP) is -0.485. The van der Waals surface area contributed by atoms with E-state index in [4.69, 9.17) is 5.73 Å². The van der Waals surface area contributed by atoms with Gasteiger partial charge in [0.25, 0.3) is 5.91 Å². The van der Waals surface area contributed by atoms with Crippen LogP contribution in [0.15, 0.2) is 17.2 Å². The van der Waals surface area contributed by atoms with Gasteiger partial charge in [0, 0.05) is 32.3 Å². The number of sulfonamides is 1. The second-order valence-electron chi connectivity index (χ2n) is 5.93. The van der Waals surface area contributed by atoms with Crippen molar-refractivity contribution < 1.29 is 18.3 Å². The van der Waals surface area contributed by atoms with Crippen LogP contribution in [0.4, 0.5) is 0 Å². The Hall–Kier alpha value is -1.38. The van der Waals surface area contributed by atoms with Crippen LogP contribution in [0.5, 0.6) is 0 Å². The molecule has 1 aromatic heterocycles. The highest BCUT2D eigenvalue weighted by Crippen LogP contribution is 2.40. The number of amides is 1. The molecule has 1 saturated carbocycles. The number of aromatic nitrogens is 1. The summed E-state index contributed by atoms with van der Waals surface area (Å²) in [6.45, 7) is 0.778. The molecule has 2 fully saturated rings. The van der Waals surface area contributed by atoms with E-state index in [2.05, 4.69) is 0 Å². The Kier molecular flexibility index (Phi) is 3.34. The minimum absolute atomic E-state index is 0.0269. The summed E-state index contributed by atoms with van der Waals surface area (Å²) in [6, 6.07) is 1.31. The van der Waals surface area contributed by atoms with Crippen LogP contribution in [0.1, 0.15) is 23.3 Å². The van der Waals surface area contributed by atoms with Gasteiger partial charge in [0.2, 0.25) is 10.0 Å². The molecular weight excluding hydrogens is 294 g/mol. The number of primary amides is 1. The lowest BCUT2D eigenvalue weighted by Crippen LogP contribution is -2.31. The Morgan fingerprint density at radius 3 is 2.67 bits per heavy atom. The summed E-state index contributed by atoms with van der Waals surface area (Å²) in [4.78, 5) is 11.3. The summed E-state index contributed by atoms with van der Waals surface area (Å²) < 4.78 is 28.1. The standard InChI is InChI=1S/C13H19N3O4S/c1-15-6-9(4-11(15)13(14)18)21(19,20)16-5-8-2-3-12(17)10(8)7-16/h4,6,8,10,12,17H,2-3,5,7H2,1H3,(H2,14,18). The normalized spacial score (nSPS) is 29.7. The maximum atomic E-state index is 12.6. The van der Waals surface area contributed by atoms with Gasteiger partial charge in [-0.2, -0.15) is 4.31 Å². The minimum Gasteiger partial charge on any atom is -0.393 e. The van der Waals surface area contributed by atoms with Gasteiger partial charge >= 0.3 is 0 Å². The first-order valence-corrected chi connectivity index (χ1v) is 8.39. The van der Waals surface area contributed by atoms with Crippen molar-refractivity contribution in [1.29, 1.82) is 0 Å². The quantitative estimate of drug-likeness (QED) is 0.786. The fourth-order valence-electron chi connectivity index (χ4n) is 3.46. The topological polar surface area (TPSA) is 106 Å². The number of nitrogens with zero attached hydrogens (tertiary/aromatic N) is 2. The minimum atomic E-state index is -3.65. The molecule has 1 saturated heterocycles. The van der Waals surface area contributed by atoms with Gasteiger partial charge in [-0.1, -0.05) is 0 Å². The summed E-state index contributed by atoms with van der Waals surface area (Å²) in [5, 5.41) is 9.89. The number of fused-ring (bicyclic) bond motifs is 1. The maximum absolute atomic E-state index is 12.6. The third kappa shape index (κ3) is 2.27. The van der Waals surface area contributed by atoms with Crippen LogP contribution >= 0.6 is 0 Å². The van der Waals surface area contributed by atoms with Crippen molar-refractivity contribution in [3.8, 4) is 0 Å². The van der Waals surface area contributed by atoms with Crippen LogP contribution in [-0.4, -0.2) is 47.5 Å². The number of hydrogen-bond donors (Lipinski definition) is 2. The first kappa shape index (κ1) is 14.6. The van der Waals surface area contributed by atoms with Crippen LogP contribution < -0.4 is 5.73 Å². The number of hydrogen-bond acceptors (Lipinski definition) is 4. The van der Waals surface area contributed by atoms with Crippen molar-refractivity contribution in [2.24, 2.45) is 24.6 Å². The molecule has 3 rings (SSSR count). The van der Waals surface area contributed by atoms with Gasteiger partial charge in [-0.15, -0.1) is 0 Å². The molecule has 116 valence electrons. The SMILES string of the molecule is Cn1cc(S(=O)(=O)N2CC3CCC(O)C3C2)cc1C(N)=O. The van der Waals surface area contributed by atoms with E-state index in [1.807, 2.05) is 0 Å². The Balaban J connectivity index is 1.88. The van der Waals surface area contributed by atoms with Gasteiger partial charge in [0.15, 0.2) is 0 Å². The van der Waals surface area contributed by atoms with Gasteiger partial charge in [-0.05, 0) is 24.8 Å². The Bertz CT molecular complexity index is 682. The number of nitrogens with two attached hydrogens (primary N) is 1. The van der Waals surface area contributed by atoms with Gasteiger partial charge in [-0.3, -0.25) is 4.79 Å². The van der Waals surface area contributed by atoms with Crippen LogP contribution in [0.3, 0.4) is 0 Å². The number of carbonyl (C=O) groups is 1. The molecule has 1 amide bonds. The Labute approximate surface area is 123 Å². The summed E-state index contributed by atoms with van der Waals surface area (Å²) in [5.41, 5.74) is 5.38. The first-order valence-electron chi connectivity index (χ1n) is 6.95. The first-order chi connectivity index (χ1) is 9.80. The van der Waals surface area contributed by atoms with E-state index in [9.17, 15) is 18.3 Å². The molecule has 8 heteroatoms. The Morgan fingerprint density at radius 2 is 2.10 bits per heavy atom. The molecule has 2 aliphatic rings. The average molecular weight is 313 g/mol. The van der Waals surface area contributed by atoms with Crippen molar-refractivity contribution in [2.75, 3.05) is 13.1 Å². The molecule has 1 aliphatic carbocycles. The molecule has 3 unspecified atom stereocenters. The second-order valence-corrected chi connectivity index (χ2v) is 7.86. The van der Waals surface area contributed by atoms with Gasteiger partial charge in [0.1, 0.15) is 10.6 Å². The fraction of sp³-hybridized carbons (Fsp3) is 0.615. The van der Waals surface area contributed by atoms with Crippen LogP contribution in [0.25, 0.3) is 0 Å². The number of rotatable bonds is 3. The van der Waals surface area contributed by atoms with E-state index in [1.54, 1.807) is 7.05 Å². The zero-order valence-electron chi connectivity index (χ0n) is 11.8. The lowest BCUT2D eigenvalue weighted by atomic mass is 10.00. The van der Waals surface area contributed by atoms with E-state index >= 15 is 0 Å². The summed E-state index contributed by atoms with van der Waals surface area (Å²) in [6.07, 6.45) is 2.60. The number of aliphatic hydroxyl groups excluding tert-OH is 1. The van der Waals surface area contributed by atoms with Crippen molar-refractivity contribution in [3.63, 3.8) is 0 Å². The van der Waals surface area contributed by atoms with Crippen molar-refractivity contribution in [2.45, 2.75) is 23.8 Å². The summed E-state index contributed by atoms with van der Waals surface area (Å²) in [5.74, 6) is -0.402. The molecule has 1 aliphatic heterocycles. The molecule has 7 nitrogen and oxygen atoms in total. The summed E-state index contributed by atoms with van der Waals surface area (Å²) >= 11 is 0. The highest BCUT2D eigenvalue weighted by Gasteiger charge is 2.46. The highest BCUT2D eigenvalue weighted by molar-refractivity contribution is 7.89. The van der Waals surface area contributed by atoms with Crippen LogP contribution in [-0.2, 0) is 17.1 Å². The predicted molar refractivity (Wildman–Crippen MR) is 74.9 cm³/mol. The second kappa shape index (κ2) is 4.82. The van der Waals surface area contributed by atoms with E-state index in [1.165, 1.54) is 21.1 Å². The smallest absolute Gasteiger partial charge is 0.265 e. The van der Waals surface area contributed by atoms with Crippen molar-refractivity contribution in [1.82, 2.24) is 8.87 Å². The summed E-state index contributed by atoms with van der Waals surface area (Å²) in [7, 11) is -2.06. The molecule has 3 atom stereocenters. The third-order valence-electron chi connectivity index (χ3n) is 4.66. The van der Waals surface area contributed by atoms with E-state index in [0.29, 0.717) is 13.1 Å². The van der Waals surface area contributed by atoms with Gasteiger partial charge < -0.3 is 15.4 Å². The fourth-order valence-corrected chi connectivity index (χ4v) is 5.07. The third-order valence-corrected chi connectivity index (χ3v) is 6.45. The van der Waals surface area contributed by atoms with Gasteiger partial charge in [-0.25, -0.2) is 8.42 Å². The molecule has 0 spiro atoms. The molecular formula is C13H19N3O4S. The molecule has 0 aromatic carbocycles. The maximum Gasteiger partial charge on any atom is 0.265 e. The number of aliphatic hydroxyl groups is 1. The number of aryl methyl sites for hydroxylation is 1. The monoisotopic (exact) mass is 313 g/mol. The van der Waals surface area contributed by atoms with Crippen LogP contribution in [0, 0.1) is 11.8 Å². The van der Waals surface area contributed by atoms with E-state index in [0.717, 1.165) is 12.8 Å². The molecule has 2 heterocycles. The van der Waals surface area contributed by atoms with E-state index < -0.39 is 22.0 Å². The van der Waals surface area contributed by atoms with Gasteiger partial charge in [0.05, 0.1) is 6.10 Å². The lowest BCUT2D eigenvalue weighted by molar-refractivity contribution is 0.0992. The zero-order chi connectivity index (χ0) is 15.4. The number of carbonyl (C=O) groups excluding carboxylic acids is 1.